The Labute approximate surface area is 359 Å². The molecule has 5 nitrogen and oxygen atoms in total. The molecule has 0 amide bonds. The van der Waals surface area contributed by atoms with Gasteiger partial charge in [-0.15, -0.1) is 0 Å². The third kappa shape index (κ3) is 8.31. The van der Waals surface area contributed by atoms with Gasteiger partial charge in [0.2, 0.25) is 5.88 Å². The molecule has 0 aromatic heterocycles. The van der Waals surface area contributed by atoms with Gasteiger partial charge in [-0.25, -0.2) is 0 Å². The largest absolute Gasteiger partial charge is 0.491 e. The van der Waals surface area contributed by atoms with Crippen molar-refractivity contribution in [2.45, 2.75) is 64.7 Å². The molecule has 2 heterocycles. The molecule has 6 heteroatoms. The summed E-state index contributed by atoms with van der Waals surface area (Å²) in [5.74, 6) is 3.54. The predicted molar refractivity (Wildman–Crippen MR) is 252 cm³/mol. The van der Waals surface area contributed by atoms with E-state index in [9.17, 15) is 0 Å². The second-order valence-corrected chi connectivity index (χ2v) is 18.4. The highest BCUT2D eigenvalue weighted by Gasteiger charge is 2.32. The number of fused-ring (bicyclic) bond motifs is 4. The van der Waals surface area contributed by atoms with Crippen molar-refractivity contribution >= 4 is 44.7 Å². The number of rotatable bonds is 11. The van der Waals surface area contributed by atoms with E-state index in [2.05, 4.69) is 191 Å². The molecule has 0 radical (unpaired) electrons. The number of ether oxygens (including phenoxy) is 3. The van der Waals surface area contributed by atoms with E-state index in [1.165, 1.54) is 54.8 Å². The van der Waals surface area contributed by atoms with Crippen molar-refractivity contribution in [3.05, 3.63) is 179 Å². The lowest BCUT2D eigenvalue weighted by molar-refractivity contribution is 0.325. The van der Waals surface area contributed by atoms with Gasteiger partial charge in [0, 0.05) is 15.7 Å². The van der Waals surface area contributed by atoms with Crippen molar-refractivity contribution < 1.29 is 14.2 Å². The average Bonchev–Trinajstić information content (AvgIpc) is 3.72. The molecule has 1 unspecified atom stereocenters. The normalized spacial score (nSPS) is 18.4. The van der Waals surface area contributed by atoms with E-state index in [-0.39, 0.29) is 10.8 Å². The van der Waals surface area contributed by atoms with Crippen molar-refractivity contribution in [3.63, 3.8) is 0 Å². The van der Waals surface area contributed by atoms with Crippen LogP contribution >= 0.6 is 11.8 Å². The van der Waals surface area contributed by atoms with E-state index in [0.29, 0.717) is 19.8 Å². The summed E-state index contributed by atoms with van der Waals surface area (Å²) < 4.78 is 19.5. The quantitative estimate of drug-likeness (QED) is 0.130. The molecular weight excluding hydrogens is 757 g/mol. The van der Waals surface area contributed by atoms with Gasteiger partial charge in [-0.3, -0.25) is 0 Å². The van der Waals surface area contributed by atoms with Crippen LogP contribution in [0.2, 0.25) is 0 Å². The minimum absolute atomic E-state index is 0.124. The molecule has 0 fully saturated rings. The van der Waals surface area contributed by atoms with Gasteiger partial charge < -0.3 is 24.0 Å². The van der Waals surface area contributed by atoms with Crippen molar-refractivity contribution in [2.24, 2.45) is 5.41 Å². The molecule has 60 heavy (non-hydrogen) atoms. The minimum atomic E-state index is 0.124. The van der Waals surface area contributed by atoms with Crippen molar-refractivity contribution in [3.8, 4) is 17.2 Å². The fourth-order valence-electron chi connectivity index (χ4n) is 8.81. The van der Waals surface area contributed by atoms with Crippen LogP contribution in [0.15, 0.2) is 161 Å². The molecule has 0 saturated carbocycles. The average molecular weight is 811 g/mol. The van der Waals surface area contributed by atoms with Gasteiger partial charge in [0.1, 0.15) is 24.7 Å². The maximum atomic E-state index is 6.54. The number of anilines is 2. The Morgan fingerprint density at radius 1 is 0.700 bits per heavy atom. The van der Waals surface area contributed by atoms with Crippen LogP contribution in [0.4, 0.5) is 11.4 Å². The zero-order chi connectivity index (χ0) is 41.4. The van der Waals surface area contributed by atoms with Gasteiger partial charge in [0.15, 0.2) is 5.75 Å². The molecular formula is C54H54N2O3S. The topological polar surface area (TPSA) is 34.2 Å². The van der Waals surface area contributed by atoms with Gasteiger partial charge in [0.25, 0.3) is 0 Å². The van der Waals surface area contributed by atoms with E-state index in [1.807, 2.05) is 11.8 Å². The number of thioether (sulfide) groups is 1. The molecule has 1 aliphatic carbocycles. The lowest BCUT2D eigenvalue weighted by atomic mass is 9.75. The second-order valence-electron chi connectivity index (χ2n) is 17.3. The first-order valence-corrected chi connectivity index (χ1v) is 22.1. The first kappa shape index (κ1) is 39.6. The Balaban J connectivity index is 0.947. The fourth-order valence-corrected chi connectivity index (χ4v) is 10.2. The predicted octanol–water partition coefficient (Wildman–Crippen LogP) is 13.6. The second kappa shape index (κ2) is 16.7. The zero-order valence-corrected chi connectivity index (χ0v) is 36.4. The highest BCUT2D eigenvalue weighted by Crippen LogP contribution is 2.47. The summed E-state index contributed by atoms with van der Waals surface area (Å²) in [4.78, 5) is 6.13. The summed E-state index contributed by atoms with van der Waals surface area (Å²) in [6.45, 7) is 16.1. The SMILES string of the molecule is Cc1cc2c(cc1C)N(CCOc1cccc3ccccc13)C(=CC=CC1=C/C(=C\C3Sc4cc(C)c(C)cc4N3CCOc3cccc4ccccc34)CC(C)(C)C1)O2. The lowest BCUT2D eigenvalue weighted by Gasteiger charge is -2.32. The monoisotopic (exact) mass is 810 g/mol. The van der Waals surface area contributed by atoms with Gasteiger partial charge in [-0.2, -0.15) is 0 Å². The summed E-state index contributed by atoms with van der Waals surface area (Å²) in [6.07, 6.45) is 13.5. The van der Waals surface area contributed by atoms with Crippen LogP contribution < -0.4 is 24.0 Å². The van der Waals surface area contributed by atoms with Crippen LogP contribution in [0.5, 0.6) is 17.2 Å². The van der Waals surface area contributed by atoms with Gasteiger partial charge in [-0.1, -0.05) is 117 Å². The first-order chi connectivity index (χ1) is 29.1. The van der Waals surface area contributed by atoms with E-state index in [1.54, 1.807) is 0 Å². The standard InChI is InChI=1S/C54H54N2O3S/c1-36-28-46-50(30-38(36)3)59-52(55(46)24-26-57-48-21-12-17-42-15-7-9-19-44(42)48)23-11-14-40-32-41(35-54(5,6)34-40)33-53-56(47-29-37(2)39(4)31-51(47)60-53)25-27-58-49-22-13-18-43-16-8-10-20-45(43)49/h7-23,28-33,53H,24-27,34-35H2,1-6H3/b14-11?,41-33+,52-23?. The summed E-state index contributed by atoms with van der Waals surface area (Å²) >= 11 is 1.95. The highest BCUT2D eigenvalue weighted by molar-refractivity contribution is 8.00. The van der Waals surface area contributed by atoms with E-state index >= 15 is 0 Å². The maximum absolute atomic E-state index is 6.54. The molecule has 1 atom stereocenters. The molecule has 3 aliphatic rings. The molecule has 0 spiro atoms. The third-order valence-electron chi connectivity index (χ3n) is 12.1. The number of allylic oxidation sites excluding steroid dienone is 6. The Bertz CT molecular complexity index is 2710. The van der Waals surface area contributed by atoms with Crippen LogP contribution in [-0.4, -0.2) is 31.7 Å². The van der Waals surface area contributed by atoms with Gasteiger partial charge in [0.05, 0.1) is 29.8 Å². The van der Waals surface area contributed by atoms with Crippen molar-refractivity contribution in [1.82, 2.24) is 0 Å². The smallest absolute Gasteiger partial charge is 0.200 e. The summed E-state index contributed by atoms with van der Waals surface area (Å²) in [7, 11) is 0. The van der Waals surface area contributed by atoms with Crippen molar-refractivity contribution in [2.75, 3.05) is 36.1 Å². The molecule has 0 N–H and O–H groups in total. The maximum Gasteiger partial charge on any atom is 0.200 e. The Morgan fingerprint density at radius 3 is 2.00 bits per heavy atom. The third-order valence-corrected chi connectivity index (χ3v) is 13.3. The van der Waals surface area contributed by atoms with E-state index in [0.717, 1.165) is 59.0 Å². The summed E-state index contributed by atoms with van der Waals surface area (Å²) in [5.41, 5.74) is 10.3. The van der Waals surface area contributed by atoms with E-state index in [4.69, 9.17) is 14.2 Å². The van der Waals surface area contributed by atoms with Crippen LogP contribution in [0.25, 0.3) is 21.5 Å². The Morgan fingerprint density at radius 2 is 1.30 bits per heavy atom. The van der Waals surface area contributed by atoms with Crippen LogP contribution in [0, 0.1) is 33.1 Å². The molecule has 0 saturated heterocycles. The van der Waals surface area contributed by atoms with Gasteiger partial charge >= 0.3 is 0 Å². The Hall–Kier alpha value is -5.85. The van der Waals surface area contributed by atoms with Crippen LogP contribution in [0.3, 0.4) is 0 Å². The number of benzene rings is 6. The minimum Gasteiger partial charge on any atom is -0.491 e. The molecule has 6 aromatic carbocycles. The number of nitrogens with zero attached hydrogens (tertiary/aromatic N) is 2. The van der Waals surface area contributed by atoms with Gasteiger partial charge in [-0.05, 0) is 139 Å². The molecule has 304 valence electrons. The van der Waals surface area contributed by atoms with E-state index < -0.39 is 0 Å². The van der Waals surface area contributed by atoms with Crippen LogP contribution in [0.1, 0.15) is 48.9 Å². The summed E-state index contributed by atoms with van der Waals surface area (Å²) in [5, 5.41) is 4.83. The number of hydrogen-bond acceptors (Lipinski definition) is 6. The highest BCUT2D eigenvalue weighted by atomic mass is 32.2. The summed E-state index contributed by atoms with van der Waals surface area (Å²) in [6, 6.07) is 38.5. The number of aryl methyl sites for hydroxylation is 4. The van der Waals surface area contributed by atoms with Crippen molar-refractivity contribution in [1.29, 1.82) is 0 Å². The first-order valence-electron chi connectivity index (χ1n) is 21.2. The lowest BCUT2D eigenvalue weighted by Crippen LogP contribution is -2.32. The molecule has 2 aliphatic heterocycles. The molecule has 6 aromatic rings. The van der Waals surface area contributed by atoms with Crippen LogP contribution in [-0.2, 0) is 0 Å². The molecule has 9 rings (SSSR count). The Kier molecular flexibility index (Phi) is 11.0. The molecule has 0 bridgehead atoms. The fraction of sp³-hybridized carbons (Fsp3) is 0.259. The number of hydrogen-bond donors (Lipinski definition) is 0. The zero-order valence-electron chi connectivity index (χ0n) is 35.6.